The molecule has 0 bridgehead atoms. The van der Waals surface area contributed by atoms with Crippen LogP contribution in [0.25, 0.3) is 0 Å². The minimum atomic E-state index is -0.0317. The zero-order valence-corrected chi connectivity index (χ0v) is 12.5. The fourth-order valence-electron chi connectivity index (χ4n) is 3.13. The predicted molar refractivity (Wildman–Crippen MR) is 83.4 cm³/mol. The fraction of sp³-hybridized carbons (Fsp3) is 0.333. The summed E-state index contributed by atoms with van der Waals surface area (Å²) in [5.74, 6) is 1.63. The standard InChI is InChI=1S/C18H17ClO2/c19-17(18(8-9-18)14-4-2-1-3-5-14)13-6-7-15-16(12-13)21-11-10-20-15/h1-7,12,17H,8-11H2. The zero-order chi connectivity index (χ0) is 14.3. The van der Waals surface area contributed by atoms with E-state index >= 15 is 0 Å². The van der Waals surface area contributed by atoms with Crippen molar-refractivity contribution in [1.82, 2.24) is 0 Å². The van der Waals surface area contributed by atoms with Gasteiger partial charge in [-0.3, -0.25) is 0 Å². The number of ether oxygens (including phenoxy) is 2. The highest BCUT2D eigenvalue weighted by Crippen LogP contribution is 2.59. The van der Waals surface area contributed by atoms with Crippen molar-refractivity contribution >= 4 is 11.6 Å². The molecule has 2 aromatic carbocycles. The van der Waals surface area contributed by atoms with Gasteiger partial charge >= 0.3 is 0 Å². The number of benzene rings is 2. The van der Waals surface area contributed by atoms with Gasteiger partial charge in [0.15, 0.2) is 11.5 Å². The summed E-state index contributed by atoms with van der Waals surface area (Å²) in [6, 6.07) is 16.7. The van der Waals surface area contributed by atoms with Gasteiger partial charge in [-0.15, -0.1) is 11.6 Å². The van der Waals surface area contributed by atoms with Crippen LogP contribution >= 0.6 is 11.6 Å². The lowest BCUT2D eigenvalue weighted by molar-refractivity contribution is 0.171. The molecule has 1 aliphatic carbocycles. The number of alkyl halides is 1. The molecule has 21 heavy (non-hydrogen) atoms. The maximum absolute atomic E-state index is 6.84. The highest BCUT2D eigenvalue weighted by molar-refractivity contribution is 6.22. The Balaban J connectivity index is 1.67. The largest absolute Gasteiger partial charge is 0.486 e. The minimum Gasteiger partial charge on any atom is -0.486 e. The van der Waals surface area contributed by atoms with Crippen LogP contribution in [-0.2, 0) is 5.41 Å². The van der Waals surface area contributed by atoms with Crippen LogP contribution in [0.4, 0.5) is 0 Å². The smallest absolute Gasteiger partial charge is 0.161 e. The van der Waals surface area contributed by atoms with Crippen LogP contribution < -0.4 is 9.47 Å². The zero-order valence-electron chi connectivity index (χ0n) is 11.7. The van der Waals surface area contributed by atoms with Crippen molar-refractivity contribution in [2.75, 3.05) is 13.2 Å². The molecule has 0 saturated heterocycles. The van der Waals surface area contributed by atoms with Gasteiger partial charge < -0.3 is 9.47 Å². The van der Waals surface area contributed by atoms with E-state index in [1.165, 1.54) is 5.56 Å². The number of rotatable bonds is 3. The summed E-state index contributed by atoms with van der Waals surface area (Å²) >= 11 is 6.84. The third kappa shape index (κ3) is 2.18. The molecule has 0 aromatic heterocycles. The molecule has 1 unspecified atom stereocenters. The quantitative estimate of drug-likeness (QED) is 0.779. The molecule has 1 saturated carbocycles. The van der Waals surface area contributed by atoms with E-state index in [1.807, 2.05) is 18.2 Å². The van der Waals surface area contributed by atoms with Crippen LogP contribution in [0.2, 0.25) is 0 Å². The summed E-state index contributed by atoms with van der Waals surface area (Å²) in [5.41, 5.74) is 2.52. The molecule has 108 valence electrons. The Morgan fingerprint density at radius 3 is 2.33 bits per heavy atom. The Morgan fingerprint density at radius 2 is 1.62 bits per heavy atom. The molecule has 0 radical (unpaired) electrons. The van der Waals surface area contributed by atoms with Crippen LogP contribution in [0.5, 0.6) is 11.5 Å². The molecular formula is C18H17ClO2. The molecule has 3 heteroatoms. The third-order valence-corrected chi connectivity index (χ3v) is 5.15. The van der Waals surface area contributed by atoms with Crippen molar-refractivity contribution in [3.8, 4) is 11.5 Å². The van der Waals surface area contributed by atoms with Gasteiger partial charge in [-0.05, 0) is 36.1 Å². The second kappa shape index (κ2) is 4.96. The van der Waals surface area contributed by atoms with E-state index < -0.39 is 0 Å². The van der Waals surface area contributed by atoms with E-state index in [4.69, 9.17) is 21.1 Å². The topological polar surface area (TPSA) is 18.5 Å². The van der Waals surface area contributed by atoms with Crippen molar-refractivity contribution in [2.45, 2.75) is 23.6 Å². The van der Waals surface area contributed by atoms with Gasteiger partial charge in [0.05, 0.1) is 5.38 Å². The molecule has 0 amide bonds. The summed E-state index contributed by atoms with van der Waals surface area (Å²) in [6.45, 7) is 1.22. The highest BCUT2D eigenvalue weighted by atomic mass is 35.5. The first-order valence-corrected chi connectivity index (χ1v) is 7.82. The van der Waals surface area contributed by atoms with Crippen LogP contribution in [-0.4, -0.2) is 13.2 Å². The number of hydrogen-bond donors (Lipinski definition) is 0. The highest BCUT2D eigenvalue weighted by Gasteiger charge is 2.50. The molecule has 1 atom stereocenters. The third-order valence-electron chi connectivity index (χ3n) is 4.48. The lowest BCUT2D eigenvalue weighted by atomic mass is 9.88. The normalized spacial score (nSPS) is 19.9. The van der Waals surface area contributed by atoms with E-state index in [0.717, 1.165) is 29.9 Å². The summed E-state index contributed by atoms with van der Waals surface area (Å²) in [7, 11) is 0. The van der Waals surface area contributed by atoms with Crippen molar-refractivity contribution in [3.63, 3.8) is 0 Å². The van der Waals surface area contributed by atoms with Crippen LogP contribution in [0.15, 0.2) is 48.5 Å². The molecule has 0 spiro atoms. The number of hydrogen-bond acceptors (Lipinski definition) is 2. The molecular weight excluding hydrogens is 284 g/mol. The van der Waals surface area contributed by atoms with E-state index in [9.17, 15) is 0 Å². The number of fused-ring (bicyclic) bond motifs is 1. The number of halogens is 1. The second-order valence-electron chi connectivity index (χ2n) is 5.79. The molecule has 2 aliphatic rings. The molecule has 1 aliphatic heterocycles. The molecule has 1 heterocycles. The lowest BCUT2D eigenvalue weighted by Crippen LogP contribution is -2.17. The SMILES string of the molecule is ClC(c1ccc2c(c1)OCCO2)C1(c2ccccc2)CC1. The Labute approximate surface area is 129 Å². The van der Waals surface area contributed by atoms with E-state index in [0.29, 0.717) is 13.2 Å². The van der Waals surface area contributed by atoms with E-state index in [2.05, 4.69) is 30.3 Å². The second-order valence-corrected chi connectivity index (χ2v) is 6.22. The van der Waals surface area contributed by atoms with Crippen LogP contribution in [0, 0.1) is 0 Å². The maximum atomic E-state index is 6.84. The lowest BCUT2D eigenvalue weighted by Gasteiger charge is -2.25. The Hall–Kier alpha value is -1.67. The summed E-state index contributed by atoms with van der Waals surface area (Å²) in [4.78, 5) is 0. The first-order chi connectivity index (χ1) is 10.3. The summed E-state index contributed by atoms with van der Waals surface area (Å²) < 4.78 is 11.2. The first-order valence-electron chi connectivity index (χ1n) is 7.39. The molecule has 0 N–H and O–H groups in total. The molecule has 1 fully saturated rings. The van der Waals surface area contributed by atoms with Crippen LogP contribution in [0.1, 0.15) is 29.3 Å². The van der Waals surface area contributed by atoms with Crippen molar-refractivity contribution in [1.29, 1.82) is 0 Å². The Bertz CT molecular complexity index is 650. The van der Waals surface area contributed by atoms with Gasteiger partial charge in [0.25, 0.3) is 0 Å². The predicted octanol–water partition coefficient (Wildman–Crippen LogP) is 4.47. The van der Waals surface area contributed by atoms with Crippen LogP contribution in [0.3, 0.4) is 0 Å². The molecule has 2 aromatic rings. The molecule has 4 rings (SSSR count). The average Bonchev–Trinajstić information content (AvgIpc) is 3.36. The Morgan fingerprint density at radius 1 is 0.905 bits per heavy atom. The van der Waals surface area contributed by atoms with Gasteiger partial charge in [-0.1, -0.05) is 36.4 Å². The Kier molecular flexibility index (Phi) is 3.07. The fourth-order valence-corrected chi connectivity index (χ4v) is 3.61. The monoisotopic (exact) mass is 300 g/mol. The average molecular weight is 301 g/mol. The first kappa shape index (κ1) is 13.0. The van der Waals surface area contributed by atoms with Crippen molar-refractivity contribution < 1.29 is 9.47 Å². The van der Waals surface area contributed by atoms with Gasteiger partial charge in [0, 0.05) is 5.41 Å². The maximum Gasteiger partial charge on any atom is 0.161 e. The summed E-state index contributed by atoms with van der Waals surface area (Å²) in [5, 5.41) is -0.0317. The van der Waals surface area contributed by atoms with Gasteiger partial charge in [0.1, 0.15) is 13.2 Å². The van der Waals surface area contributed by atoms with Gasteiger partial charge in [-0.25, -0.2) is 0 Å². The summed E-state index contributed by atoms with van der Waals surface area (Å²) in [6.07, 6.45) is 2.28. The van der Waals surface area contributed by atoms with Gasteiger partial charge in [-0.2, -0.15) is 0 Å². The van der Waals surface area contributed by atoms with Crippen molar-refractivity contribution in [2.24, 2.45) is 0 Å². The van der Waals surface area contributed by atoms with Gasteiger partial charge in [0.2, 0.25) is 0 Å². The minimum absolute atomic E-state index is 0.0317. The van der Waals surface area contributed by atoms with Crippen molar-refractivity contribution in [3.05, 3.63) is 59.7 Å². The van der Waals surface area contributed by atoms with E-state index in [1.54, 1.807) is 0 Å². The molecule has 2 nitrogen and oxygen atoms in total. The van der Waals surface area contributed by atoms with E-state index in [-0.39, 0.29) is 10.8 Å².